The Morgan fingerprint density at radius 3 is 3.25 bits per heavy atom. The first-order valence-corrected chi connectivity index (χ1v) is 3.35. The molecule has 0 bridgehead atoms. The largest absolute Gasteiger partial charge is 0.383 e. The highest BCUT2D eigenvalue weighted by Crippen LogP contribution is 2.14. The molecule has 6 nitrogen and oxygen atoms in total. The minimum absolute atomic E-state index is 0.247. The van der Waals surface area contributed by atoms with Gasteiger partial charge >= 0.3 is 0 Å². The van der Waals surface area contributed by atoms with Gasteiger partial charge < -0.3 is 16.2 Å². The maximum absolute atomic E-state index is 9.09. The average molecular weight is 165 g/mol. The summed E-state index contributed by atoms with van der Waals surface area (Å²) in [4.78, 5) is 11.3. The third-order valence-electron chi connectivity index (χ3n) is 1.52. The summed E-state index contributed by atoms with van der Waals surface area (Å²) >= 11 is 0. The molecule has 0 aromatic carbocycles. The Labute approximate surface area is 68.2 Å². The molecule has 0 saturated carbocycles. The number of rotatable bonds is 0. The van der Waals surface area contributed by atoms with Crippen LogP contribution in [0.1, 0.15) is 5.56 Å². The van der Waals surface area contributed by atoms with Gasteiger partial charge in [0.1, 0.15) is 18.0 Å². The second-order valence-electron chi connectivity index (χ2n) is 2.32. The second kappa shape index (κ2) is 2.42. The molecule has 2 heterocycles. The van der Waals surface area contributed by atoms with E-state index in [4.69, 9.17) is 10.8 Å². The zero-order valence-electron chi connectivity index (χ0n) is 6.10. The van der Waals surface area contributed by atoms with Gasteiger partial charge in [-0.3, -0.25) is 0 Å². The minimum atomic E-state index is -1.01. The minimum Gasteiger partial charge on any atom is -0.383 e. The molecule has 1 aromatic rings. The molecule has 0 fully saturated rings. The zero-order valence-corrected chi connectivity index (χ0v) is 6.10. The van der Waals surface area contributed by atoms with E-state index >= 15 is 0 Å². The number of hydrogen-bond donors (Lipinski definition) is 3. The van der Waals surface area contributed by atoms with Crippen molar-refractivity contribution in [2.24, 2.45) is 10.7 Å². The van der Waals surface area contributed by atoms with Gasteiger partial charge in [-0.1, -0.05) is 0 Å². The van der Waals surface area contributed by atoms with Crippen molar-refractivity contribution in [1.29, 1.82) is 0 Å². The van der Waals surface area contributed by atoms with Crippen LogP contribution in [0.25, 0.3) is 0 Å². The lowest BCUT2D eigenvalue weighted by atomic mass is 10.2. The Kier molecular flexibility index (Phi) is 1.41. The van der Waals surface area contributed by atoms with Crippen LogP contribution in [-0.4, -0.2) is 27.3 Å². The number of amidine groups is 1. The topological polar surface area (TPSA) is 96.4 Å². The SMILES string of the molecule is NC1=NC(O)Nc2ncncc21. The van der Waals surface area contributed by atoms with Crippen LogP contribution in [0, 0.1) is 0 Å². The third-order valence-corrected chi connectivity index (χ3v) is 1.52. The molecule has 4 N–H and O–H groups in total. The highest BCUT2D eigenvalue weighted by molar-refractivity contribution is 6.02. The molecule has 0 aliphatic carbocycles. The van der Waals surface area contributed by atoms with Crippen molar-refractivity contribution in [2.45, 2.75) is 6.35 Å². The number of aliphatic imine (C=N–C) groups is 1. The van der Waals surface area contributed by atoms with Crippen molar-refractivity contribution in [3.8, 4) is 0 Å². The van der Waals surface area contributed by atoms with Crippen LogP contribution in [0.5, 0.6) is 0 Å². The summed E-state index contributed by atoms with van der Waals surface area (Å²) in [5.74, 6) is 0.752. The van der Waals surface area contributed by atoms with E-state index in [1.807, 2.05) is 0 Å². The lowest BCUT2D eigenvalue weighted by molar-refractivity contribution is 0.212. The van der Waals surface area contributed by atoms with Gasteiger partial charge in [-0.15, -0.1) is 0 Å². The van der Waals surface area contributed by atoms with Crippen LogP contribution in [0.2, 0.25) is 0 Å². The summed E-state index contributed by atoms with van der Waals surface area (Å²) in [7, 11) is 0. The van der Waals surface area contributed by atoms with Gasteiger partial charge in [0.2, 0.25) is 6.35 Å². The quantitative estimate of drug-likeness (QED) is 0.452. The molecular formula is C6H7N5O. The van der Waals surface area contributed by atoms with Crippen LogP contribution >= 0.6 is 0 Å². The average Bonchev–Trinajstić information content (AvgIpc) is 2.04. The Morgan fingerprint density at radius 2 is 2.42 bits per heavy atom. The Balaban J connectivity index is 2.53. The molecule has 6 heteroatoms. The number of fused-ring (bicyclic) bond motifs is 1. The first-order valence-electron chi connectivity index (χ1n) is 3.35. The van der Waals surface area contributed by atoms with E-state index < -0.39 is 6.35 Å². The van der Waals surface area contributed by atoms with E-state index in [0.29, 0.717) is 11.4 Å². The summed E-state index contributed by atoms with van der Waals surface area (Å²) in [6.45, 7) is 0. The van der Waals surface area contributed by atoms with Gasteiger partial charge in [-0.25, -0.2) is 15.0 Å². The molecule has 62 valence electrons. The van der Waals surface area contributed by atoms with E-state index in [9.17, 15) is 0 Å². The Bertz CT molecular complexity index is 336. The van der Waals surface area contributed by atoms with Gasteiger partial charge in [-0.05, 0) is 0 Å². The van der Waals surface area contributed by atoms with Crippen LogP contribution in [-0.2, 0) is 0 Å². The summed E-state index contributed by atoms with van der Waals surface area (Å²) < 4.78 is 0. The van der Waals surface area contributed by atoms with Crippen molar-refractivity contribution >= 4 is 11.7 Å². The maximum Gasteiger partial charge on any atom is 0.226 e. The fourth-order valence-electron chi connectivity index (χ4n) is 0.988. The lowest BCUT2D eigenvalue weighted by Crippen LogP contribution is -2.30. The van der Waals surface area contributed by atoms with Gasteiger partial charge in [0.15, 0.2) is 0 Å². The molecule has 0 spiro atoms. The lowest BCUT2D eigenvalue weighted by Gasteiger charge is -2.17. The van der Waals surface area contributed by atoms with Crippen molar-refractivity contribution < 1.29 is 5.11 Å². The fourth-order valence-corrected chi connectivity index (χ4v) is 0.988. The predicted octanol–water partition coefficient (Wildman–Crippen LogP) is -1.12. The van der Waals surface area contributed by atoms with Crippen LogP contribution in [0.3, 0.4) is 0 Å². The van der Waals surface area contributed by atoms with Gasteiger partial charge in [0.05, 0.1) is 5.56 Å². The van der Waals surface area contributed by atoms with Crippen molar-refractivity contribution in [1.82, 2.24) is 9.97 Å². The highest BCUT2D eigenvalue weighted by atomic mass is 16.3. The Hall–Kier alpha value is -1.69. The number of nitrogens with one attached hydrogen (secondary N) is 1. The van der Waals surface area contributed by atoms with E-state index in [1.165, 1.54) is 6.33 Å². The normalized spacial score (nSPS) is 20.8. The molecule has 2 rings (SSSR count). The number of aromatic nitrogens is 2. The van der Waals surface area contributed by atoms with Crippen LogP contribution in [0.4, 0.5) is 5.82 Å². The summed E-state index contributed by atoms with van der Waals surface area (Å²) in [5, 5.41) is 11.7. The summed E-state index contributed by atoms with van der Waals surface area (Å²) in [6, 6.07) is 0. The highest BCUT2D eigenvalue weighted by Gasteiger charge is 2.16. The molecule has 1 atom stereocenters. The number of aliphatic hydroxyl groups is 1. The molecule has 1 aliphatic heterocycles. The summed E-state index contributed by atoms with van der Waals surface area (Å²) in [5.41, 5.74) is 6.12. The molecular weight excluding hydrogens is 158 g/mol. The first kappa shape index (κ1) is 6.99. The van der Waals surface area contributed by atoms with Crippen molar-refractivity contribution in [2.75, 3.05) is 5.32 Å². The molecule has 1 aromatic heterocycles. The number of anilines is 1. The van der Waals surface area contributed by atoms with Crippen molar-refractivity contribution in [3.63, 3.8) is 0 Å². The van der Waals surface area contributed by atoms with Crippen molar-refractivity contribution in [3.05, 3.63) is 18.1 Å². The van der Waals surface area contributed by atoms with Crippen LogP contribution in [0.15, 0.2) is 17.5 Å². The summed E-state index contributed by atoms with van der Waals surface area (Å²) in [6.07, 6.45) is 1.91. The third kappa shape index (κ3) is 0.978. The van der Waals surface area contributed by atoms with E-state index in [0.717, 1.165) is 0 Å². The number of hydrogen-bond acceptors (Lipinski definition) is 6. The van der Waals surface area contributed by atoms with Crippen LogP contribution < -0.4 is 11.1 Å². The second-order valence-corrected chi connectivity index (χ2v) is 2.32. The molecule has 0 saturated heterocycles. The van der Waals surface area contributed by atoms with E-state index in [2.05, 4.69) is 20.3 Å². The molecule has 1 aliphatic rings. The smallest absolute Gasteiger partial charge is 0.226 e. The molecule has 1 unspecified atom stereocenters. The number of aliphatic hydroxyl groups excluding tert-OH is 1. The van der Waals surface area contributed by atoms with Gasteiger partial charge in [-0.2, -0.15) is 0 Å². The predicted molar refractivity (Wildman–Crippen MR) is 42.4 cm³/mol. The standard InChI is InChI=1S/C6H7N5O/c7-4-3-1-8-2-9-5(3)11-6(12)10-4/h1-2,6,12H,(H2,7,10)(H,8,9,11). The Morgan fingerprint density at radius 1 is 1.58 bits per heavy atom. The zero-order chi connectivity index (χ0) is 8.55. The maximum atomic E-state index is 9.09. The molecule has 12 heavy (non-hydrogen) atoms. The molecule has 0 amide bonds. The van der Waals surface area contributed by atoms with E-state index in [-0.39, 0.29) is 5.84 Å². The number of nitrogens with zero attached hydrogens (tertiary/aromatic N) is 3. The number of nitrogens with two attached hydrogens (primary N) is 1. The fraction of sp³-hybridized carbons (Fsp3) is 0.167. The van der Waals surface area contributed by atoms with E-state index in [1.54, 1.807) is 6.20 Å². The van der Waals surface area contributed by atoms with Gasteiger partial charge in [0.25, 0.3) is 0 Å². The first-order chi connectivity index (χ1) is 5.77. The monoisotopic (exact) mass is 165 g/mol. The van der Waals surface area contributed by atoms with Gasteiger partial charge in [0, 0.05) is 6.20 Å². The molecule has 0 radical (unpaired) electrons.